The van der Waals surface area contributed by atoms with Crippen LogP contribution in [-0.2, 0) is 0 Å². The molecule has 2 amide bonds. The van der Waals surface area contributed by atoms with Gasteiger partial charge in [-0.15, -0.1) is 6.42 Å². The van der Waals surface area contributed by atoms with Crippen molar-refractivity contribution in [3.05, 3.63) is 0 Å². The van der Waals surface area contributed by atoms with Crippen molar-refractivity contribution in [2.45, 2.75) is 45.1 Å². The van der Waals surface area contributed by atoms with Crippen molar-refractivity contribution >= 4 is 11.9 Å². The van der Waals surface area contributed by atoms with E-state index < -0.39 is 5.54 Å². The van der Waals surface area contributed by atoms with Gasteiger partial charge in [0, 0.05) is 0 Å². The number of urea groups is 1. The first-order chi connectivity index (χ1) is 7.91. The lowest BCUT2D eigenvalue weighted by atomic mass is 9.67. The summed E-state index contributed by atoms with van der Waals surface area (Å²) < 4.78 is 0. The highest BCUT2D eigenvalue weighted by atomic mass is 16.2. The maximum absolute atomic E-state index is 11.8. The van der Waals surface area contributed by atoms with Gasteiger partial charge < -0.3 is 5.73 Å². The molecule has 1 unspecified atom stereocenters. The van der Waals surface area contributed by atoms with Crippen LogP contribution in [0, 0.1) is 17.8 Å². The minimum absolute atomic E-state index is 0.176. The van der Waals surface area contributed by atoms with Gasteiger partial charge in [0.25, 0.3) is 0 Å². The number of carbonyl (C=O) groups is 1. The fourth-order valence-corrected chi connectivity index (χ4v) is 3.18. The van der Waals surface area contributed by atoms with Crippen LogP contribution in [0.5, 0.6) is 0 Å². The third-order valence-corrected chi connectivity index (χ3v) is 3.90. The first kappa shape index (κ1) is 12.0. The van der Waals surface area contributed by atoms with E-state index in [2.05, 4.69) is 24.8 Å². The Kier molecular flexibility index (Phi) is 2.65. The number of nitrogens with two attached hydrogens (primary N) is 1. The van der Waals surface area contributed by atoms with Crippen LogP contribution >= 0.6 is 0 Å². The lowest BCUT2D eigenvalue weighted by Gasteiger charge is -2.46. The van der Waals surface area contributed by atoms with Crippen molar-refractivity contribution in [1.82, 2.24) is 4.90 Å². The fourth-order valence-electron chi connectivity index (χ4n) is 3.18. The van der Waals surface area contributed by atoms with Crippen molar-refractivity contribution in [1.29, 1.82) is 0 Å². The molecular weight excluding hydrogens is 214 g/mol. The maximum atomic E-state index is 11.8. The summed E-state index contributed by atoms with van der Waals surface area (Å²) in [5.41, 5.74) is 5.75. The molecule has 1 atom stereocenters. The minimum Gasteiger partial charge on any atom is -0.385 e. The zero-order chi connectivity index (χ0) is 12.7. The zero-order valence-corrected chi connectivity index (χ0v) is 10.5. The first-order valence-corrected chi connectivity index (χ1v) is 6.01. The van der Waals surface area contributed by atoms with Crippen LogP contribution in [0.15, 0.2) is 4.99 Å². The van der Waals surface area contributed by atoms with Crippen molar-refractivity contribution < 1.29 is 4.79 Å². The van der Waals surface area contributed by atoms with Crippen LogP contribution < -0.4 is 5.73 Å². The molecule has 92 valence electrons. The molecule has 17 heavy (non-hydrogen) atoms. The normalized spacial score (nSPS) is 31.5. The number of aliphatic imine (C=N–C) groups is 1. The Morgan fingerprint density at radius 3 is 2.82 bits per heavy atom. The zero-order valence-electron chi connectivity index (χ0n) is 10.5. The van der Waals surface area contributed by atoms with Crippen molar-refractivity contribution in [2.75, 3.05) is 6.54 Å². The van der Waals surface area contributed by atoms with Gasteiger partial charge >= 0.3 is 6.03 Å². The molecule has 4 nitrogen and oxygen atoms in total. The number of rotatable bonds is 1. The maximum Gasteiger partial charge on any atom is 0.346 e. The van der Waals surface area contributed by atoms with E-state index >= 15 is 0 Å². The van der Waals surface area contributed by atoms with Gasteiger partial charge in [-0.1, -0.05) is 26.2 Å². The standard InChI is InChI=1S/C13H19N3O/c1-4-8-16-11(17)15-10(14)13(16)7-5-6-12(2,3)9-13/h1H,5-9H2,2-3H3,(H2,14,15,17). The van der Waals surface area contributed by atoms with E-state index in [9.17, 15) is 4.79 Å². The molecule has 1 saturated carbocycles. The molecule has 1 fully saturated rings. The highest BCUT2D eigenvalue weighted by Crippen LogP contribution is 2.46. The lowest BCUT2D eigenvalue weighted by Crippen LogP contribution is -2.58. The van der Waals surface area contributed by atoms with Gasteiger partial charge in [-0.3, -0.25) is 4.90 Å². The van der Waals surface area contributed by atoms with E-state index in [-0.39, 0.29) is 11.4 Å². The van der Waals surface area contributed by atoms with Crippen LogP contribution in [0.3, 0.4) is 0 Å². The molecule has 0 aromatic rings. The van der Waals surface area contributed by atoms with Gasteiger partial charge in [-0.2, -0.15) is 4.99 Å². The Bertz CT molecular complexity index is 419. The van der Waals surface area contributed by atoms with Crippen LogP contribution in [0.2, 0.25) is 0 Å². The van der Waals surface area contributed by atoms with E-state index in [0.29, 0.717) is 12.4 Å². The molecular formula is C13H19N3O. The number of amides is 2. The minimum atomic E-state index is -0.425. The number of carbonyl (C=O) groups excluding carboxylic acids is 1. The summed E-state index contributed by atoms with van der Waals surface area (Å²) in [7, 11) is 0. The topological polar surface area (TPSA) is 58.7 Å². The third-order valence-electron chi connectivity index (χ3n) is 3.90. The Morgan fingerprint density at radius 1 is 1.53 bits per heavy atom. The Balaban J connectivity index is 2.36. The summed E-state index contributed by atoms with van der Waals surface area (Å²) >= 11 is 0. The molecule has 1 heterocycles. The van der Waals surface area contributed by atoms with Crippen LogP contribution in [0.25, 0.3) is 0 Å². The second kappa shape index (κ2) is 3.76. The van der Waals surface area contributed by atoms with E-state index in [0.717, 1.165) is 25.7 Å². The quantitative estimate of drug-likeness (QED) is 0.701. The van der Waals surface area contributed by atoms with Gasteiger partial charge in [-0.05, 0) is 24.7 Å². The summed E-state index contributed by atoms with van der Waals surface area (Å²) in [6.07, 6.45) is 9.27. The van der Waals surface area contributed by atoms with Crippen molar-refractivity contribution in [2.24, 2.45) is 16.1 Å². The van der Waals surface area contributed by atoms with Gasteiger partial charge in [-0.25, -0.2) is 4.79 Å². The predicted octanol–water partition coefficient (Wildman–Crippen LogP) is 1.75. The van der Waals surface area contributed by atoms with Gasteiger partial charge in [0.15, 0.2) is 0 Å². The Labute approximate surface area is 102 Å². The second-order valence-electron chi connectivity index (χ2n) is 5.80. The molecule has 0 aromatic heterocycles. The van der Waals surface area contributed by atoms with E-state index in [4.69, 9.17) is 12.2 Å². The summed E-state index contributed by atoms with van der Waals surface area (Å²) in [4.78, 5) is 17.4. The molecule has 1 spiro atoms. The number of hydrogen-bond donors (Lipinski definition) is 1. The Hall–Kier alpha value is -1.50. The van der Waals surface area contributed by atoms with Gasteiger partial charge in [0.2, 0.25) is 0 Å². The molecule has 0 bridgehead atoms. The van der Waals surface area contributed by atoms with Crippen molar-refractivity contribution in [3.63, 3.8) is 0 Å². The summed E-state index contributed by atoms with van der Waals surface area (Å²) in [6, 6.07) is -0.279. The Morgan fingerprint density at radius 2 is 2.24 bits per heavy atom. The first-order valence-electron chi connectivity index (χ1n) is 6.01. The SMILES string of the molecule is C#CCN1C(=O)N=C(N)C12CCCC(C)(C)C2. The number of nitrogens with zero attached hydrogens (tertiary/aromatic N) is 2. The molecule has 0 radical (unpaired) electrons. The lowest BCUT2D eigenvalue weighted by molar-refractivity contribution is 0.0946. The third kappa shape index (κ3) is 1.80. The molecule has 0 saturated heterocycles. The van der Waals surface area contributed by atoms with Crippen molar-refractivity contribution in [3.8, 4) is 12.3 Å². The molecule has 1 aliphatic heterocycles. The van der Waals surface area contributed by atoms with E-state index in [1.165, 1.54) is 0 Å². The van der Waals surface area contributed by atoms with Gasteiger partial charge in [0.05, 0.1) is 6.54 Å². The van der Waals surface area contributed by atoms with E-state index in [1.807, 2.05) is 0 Å². The summed E-state index contributed by atoms with van der Waals surface area (Å²) in [6.45, 7) is 4.70. The molecule has 2 aliphatic rings. The number of hydrogen-bond acceptors (Lipinski definition) is 2. The number of amidine groups is 1. The number of terminal acetylenes is 1. The van der Waals surface area contributed by atoms with Gasteiger partial charge in [0.1, 0.15) is 11.4 Å². The fraction of sp³-hybridized carbons (Fsp3) is 0.692. The largest absolute Gasteiger partial charge is 0.385 e. The summed E-state index contributed by atoms with van der Waals surface area (Å²) in [5.74, 6) is 2.99. The molecule has 0 aromatic carbocycles. The molecule has 4 heteroatoms. The van der Waals surface area contributed by atoms with Crippen LogP contribution in [0.1, 0.15) is 39.5 Å². The van der Waals surface area contributed by atoms with E-state index in [1.54, 1.807) is 4.90 Å². The highest BCUT2D eigenvalue weighted by molar-refractivity contribution is 6.06. The van der Waals surface area contributed by atoms with Crippen LogP contribution in [0.4, 0.5) is 4.79 Å². The summed E-state index contributed by atoms with van der Waals surface area (Å²) in [5, 5.41) is 0. The predicted molar refractivity (Wildman–Crippen MR) is 67.5 cm³/mol. The monoisotopic (exact) mass is 233 g/mol. The van der Waals surface area contributed by atoms with Crippen LogP contribution in [-0.4, -0.2) is 28.9 Å². The average Bonchev–Trinajstić information content (AvgIpc) is 2.42. The second-order valence-corrected chi connectivity index (χ2v) is 5.80. The molecule has 1 aliphatic carbocycles. The smallest absolute Gasteiger partial charge is 0.346 e. The average molecular weight is 233 g/mol. The highest BCUT2D eigenvalue weighted by Gasteiger charge is 2.52. The molecule has 2 rings (SSSR count). The molecule has 2 N–H and O–H groups in total.